The molecule has 13 heteroatoms. The maximum atomic E-state index is 13.6. The summed E-state index contributed by atoms with van der Waals surface area (Å²) in [4.78, 5) is 35.5. The third-order valence-corrected chi connectivity index (χ3v) is 12.5. The van der Waals surface area contributed by atoms with Crippen molar-refractivity contribution in [1.82, 2.24) is 5.32 Å². The van der Waals surface area contributed by atoms with Gasteiger partial charge in [0.15, 0.2) is 0 Å². The molecule has 0 spiro atoms. The van der Waals surface area contributed by atoms with E-state index in [1.807, 2.05) is 6.08 Å². The first kappa shape index (κ1) is 53.5. The van der Waals surface area contributed by atoms with Crippen LogP contribution in [-0.4, -0.2) is 44.7 Å². The van der Waals surface area contributed by atoms with Crippen molar-refractivity contribution in [1.29, 1.82) is 0 Å². The van der Waals surface area contributed by atoms with E-state index in [1.165, 1.54) is 109 Å². The van der Waals surface area contributed by atoms with Crippen molar-refractivity contribution in [3.8, 4) is 5.75 Å². The van der Waals surface area contributed by atoms with E-state index >= 15 is 0 Å². The van der Waals surface area contributed by atoms with Crippen molar-refractivity contribution in [2.45, 2.75) is 199 Å². The predicted molar refractivity (Wildman–Crippen MR) is 246 cm³/mol. The summed E-state index contributed by atoms with van der Waals surface area (Å²) >= 11 is 3.09. The molecule has 2 rings (SSSR count). The minimum atomic E-state index is -5.01. The number of benzene rings is 2. The molecule has 60 heavy (non-hydrogen) atoms. The normalized spacial score (nSPS) is 14.2. The Hall–Kier alpha value is -2.60. The highest BCUT2D eigenvalue weighted by Crippen LogP contribution is 2.52. The number of nitro benzene ring substituents is 1. The van der Waals surface area contributed by atoms with Gasteiger partial charge in [0.25, 0.3) is 5.69 Å². The summed E-state index contributed by atoms with van der Waals surface area (Å²) in [5.41, 5.74) is -0.323. The van der Waals surface area contributed by atoms with Crippen LogP contribution in [0.3, 0.4) is 0 Å². The average Bonchev–Trinajstić information content (AvgIpc) is 3.23. The third-order valence-electron chi connectivity index (χ3n) is 10.9. The smallest absolute Gasteiger partial charge is 0.473 e. The maximum Gasteiger partial charge on any atom is 0.473 e. The number of amides is 1. The van der Waals surface area contributed by atoms with Crippen LogP contribution in [0.15, 0.2) is 59.1 Å². The number of nitrogens with one attached hydrogen (secondary N) is 1. The average molecular weight is 924 g/mol. The molecular weight excluding hydrogens is 847 g/mol. The molecule has 340 valence electrons. The molecule has 0 aromatic heterocycles. The number of unbranched alkanes of at least 4 members (excludes halogenated alkanes) is 23. The lowest BCUT2D eigenvalue weighted by atomic mass is 10.00. The lowest BCUT2D eigenvalue weighted by Gasteiger charge is -2.25. The highest BCUT2D eigenvalue weighted by molar-refractivity contribution is 9.10. The number of aliphatic hydroxyl groups excluding tert-OH is 1. The second kappa shape index (κ2) is 33.0. The second-order valence-electron chi connectivity index (χ2n) is 16.2. The van der Waals surface area contributed by atoms with Crippen LogP contribution in [0.25, 0.3) is 0 Å². The third kappa shape index (κ3) is 24.1. The Bertz CT molecular complexity index is 1530. The number of nitro groups is 1. The molecule has 0 saturated heterocycles. The molecule has 2 aromatic carbocycles. The van der Waals surface area contributed by atoms with Crippen molar-refractivity contribution >= 4 is 35.3 Å². The summed E-state index contributed by atoms with van der Waals surface area (Å²) in [5, 5.41) is 36.5. The molecule has 0 saturated carbocycles. The quantitative estimate of drug-likeness (QED) is 0.0169. The molecule has 0 aliphatic carbocycles. The van der Waals surface area contributed by atoms with Crippen molar-refractivity contribution in [2.75, 3.05) is 6.61 Å². The van der Waals surface area contributed by atoms with Gasteiger partial charge in [-0.1, -0.05) is 198 Å². The number of phenols is 1. The summed E-state index contributed by atoms with van der Waals surface area (Å²) in [6.45, 7) is 3.90. The van der Waals surface area contributed by atoms with Gasteiger partial charge in [0.1, 0.15) is 11.9 Å². The molecule has 0 aliphatic heterocycles. The van der Waals surface area contributed by atoms with Crippen molar-refractivity contribution in [3.05, 3.63) is 80.3 Å². The number of allylic oxidation sites excluding steroid dienone is 1. The Morgan fingerprint density at radius 3 is 1.78 bits per heavy atom. The van der Waals surface area contributed by atoms with Crippen LogP contribution >= 0.6 is 23.8 Å². The number of hydrogen-bond donors (Lipinski definition) is 4. The number of phosphoric acid groups is 1. The van der Waals surface area contributed by atoms with Crippen molar-refractivity contribution < 1.29 is 38.4 Å². The summed E-state index contributed by atoms with van der Waals surface area (Å²) in [5.74, 6) is -0.635. The molecule has 2 aromatic rings. The minimum Gasteiger partial charge on any atom is -0.507 e. The molecule has 0 radical (unpaired) electrons. The standard InChI is InChI=1S/C47H76BrN2O9P/c1-3-5-7-9-11-13-15-17-19-21-23-25-30-34-44(51)42(49-46(53)35-31-26-24-22-20-18-16-14-12-10-8-6-4-2)38-58-60(56,57)59-47(39-32-28-27-29-33-39)40-36-45(52)41(48)37-43(40)50(54)55/h27-30,32-34,36-37,42,44,47,51-52H,3-26,31,35,38H2,1-2H3,(H,49,53)(H,56,57)/b34-30+/t42-,44+,47?/m0/s1. The number of phosphoric ester groups is 1. The number of rotatable bonds is 37. The van der Waals surface area contributed by atoms with Crippen LogP contribution in [-0.2, 0) is 18.4 Å². The van der Waals surface area contributed by atoms with E-state index in [0.717, 1.165) is 57.1 Å². The lowest BCUT2D eigenvalue weighted by Crippen LogP contribution is -2.45. The molecule has 0 heterocycles. The maximum absolute atomic E-state index is 13.6. The first-order chi connectivity index (χ1) is 29.0. The van der Waals surface area contributed by atoms with Crippen molar-refractivity contribution in [2.24, 2.45) is 0 Å². The Labute approximate surface area is 369 Å². The van der Waals surface area contributed by atoms with Gasteiger partial charge in [-0.3, -0.25) is 24.0 Å². The number of hydrogen-bond acceptors (Lipinski definition) is 8. The molecule has 4 atom stereocenters. The zero-order chi connectivity index (χ0) is 43.9. The van der Waals surface area contributed by atoms with Gasteiger partial charge in [-0.05, 0) is 46.8 Å². The Balaban J connectivity index is 2.00. The number of carbonyl (C=O) groups excluding carboxylic acids is 1. The topological polar surface area (TPSA) is 168 Å². The van der Waals surface area contributed by atoms with Gasteiger partial charge in [0, 0.05) is 12.5 Å². The van der Waals surface area contributed by atoms with Crippen LogP contribution < -0.4 is 5.32 Å². The van der Waals surface area contributed by atoms with E-state index in [-0.39, 0.29) is 28.1 Å². The van der Waals surface area contributed by atoms with E-state index in [0.29, 0.717) is 12.0 Å². The Kier molecular flexibility index (Phi) is 29.5. The lowest BCUT2D eigenvalue weighted by molar-refractivity contribution is -0.386. The van der Waals surface area contributed by atoms with Crippen molar-refractivity contribution in [3.63, 3.8) is 0 Å². The fourth-order valence-electron chi connectivity index (χ4n) is 7.30. The number of halogens is 1. The highest BCUT2D eigenvalue weighted by atomic mass is 79.9. The predicted octanol–water partition coefficient (Wildman–Crippen LogP) is 13.9. The first-order valence-corrected chi connectivity index (χ1v) is 25.3. The first-order valence-electron chi connectivity index (χ1n) is 23.0. The van der Waals surface area contributed by atoms with E-state index < -0.39 is 43.3 Å². The molecule has 0 fully saturated rings. The summed E-state index contributed by atoms with van der Waals surface area (Å²) in [6.07, 6.45) is 30.6. The van der Waals surface area contributed by atoms with Crippen LogP contribution in [0.5, 0.6) is 5.75 Å². The fraction of sp³-hybridized carbons (Fsp3) is 0.681. The molecule has 4 N–H and O–H groups in total. The fourth-order valence-corrected chi connectivity index (χ4v) is 8.55. The van der Waals surface area contributed by atoms with Gasteiger partial charge in [0.05, 0.1) is 33.7 Å². The number of aromatic hydroxyl groups is 1. The number of nitrogens with zero attached hydrogens (tertiary/aromatic N) is 1. The monoisotopic (exact) mass is 922 g/mol. The van der Waals surface area contributed by atoms with Gasteiger partial charge >= 0.3 is 7.82 Å². The molecule has 0 aliphatic rings. The zero-order valence-electron chi connectivity index (χ0n) is 36.6. The van der Waals surface area contributed by atoms with E-state index in [2.05, 4.69) is 35.1 Å². The highest BCUT2D eigenvalue weighted by Gasteiger charge is 2.35. The zero-order valence-corrected chi connectivity index (χ0v) is 39.1. The minimum absolute atomic E-state index is 0.0659. The second-order valence-corrected chi connectivity index (χ2v) is 18.5. The summed E-state index contributed by atoms with van der Waals surface area (Å²) < 4.78 is 24.7. The largest absolute Gasteiger partial charge is 0.507 e. The summed E-state index contributed by atoms with van der Waals surface area (Å²) in [6, 6.07) is 9.24. The van der Waals surface area contributed by atoms with E-state index in [1.54, 1.807) is 36.4 Å². The molecule has 2 unspecified atom stereocenters. The van der Waals surface area contributed by atoms with Gasteiger partial charge < -0.3 is 20.4 Å². The molecular formula is C47H76BrN2O9P. The van der Waals surface area contributed by atoms with Crippen LogP contribution in [0.4, 0.5) is 5.69 Å². The van der Waals surface area contributed by atoms with Gasteiger partial charge in [-0.2, -0.15) is 0 Å². The van der Waals surface area contributed by atoms with Gasteiger partial charge in [0.2, 0.25) is 5.91 Å². The number of phenolic OH excluding ortho intramolecular Hbond substituents is 1. The Morgan fingerprint density at radius 1 is 0.800 bits per heavy atom. The summed E-state index contributed by atoms with van der Waals surface area (Å²) in [7, 11) is -5.01. The molecule has 1 amide bonds. The van der Waals surface area contributed by atoms with E-state index in [9.17, 15) is 34.6 Å². The van der Waals surface area contributed by atoms with E-state index in [4.69, 9.17) is 9.05 Å². The molecule has 11 nitrogen and oxygen atoms in total. The number of aliphatic hydroxyl groups is 1. The van der Waals surface area contributed by atoms with Crippen LogP contribution in [0.2, 0.25) is 0 Å². The SMILES string of the molecule is CCCCCCCCCCCCC/C=C/[C@@H](O)[C@H](COP(=O)(O)OC(c1ccccc1)c1cc(O)c(Br)cc1[N+](=O)[O-])NC(=O)CCCCCCCCCCCCCCC. The van der Waals surface area contributed by atoms with Crippen LogP contribution in [0.1, 0.15) is 198 Å². The number of carbonyl (C=O) groups is 1. The van der Waals surface area contributed by atoms with Gasteiger partial charge in [-0.25, -0.2) is 4.57 Å². The Morgan fingerprint density at radius 2 is 1.28 bits per heavy atom. The van der Waals surface area contributed by atoms with Crippen LogP contribution in [0, 0.1) is 10.1 Å². The molecule has 0 bridgehead atoms. The van der Waals surface area contributed by atoms with Gasteiger partial charge in [-0.15, -0.1) is 0 Å².